The van der Waals surface area contributed by atoms with Gasteiger partial charge in [-0.05, 0) is 18.1 Å². The number of halogens is 2. The first-order chi connectivity index (χ1) is 7.93. The third-order valence-electron chi connectivity index (χ3n) is 2.49. The largest absolute Gasteiger partial charge is 0.480 e. The Morgan fingerprint density at radius 2 is 2.18 bits per heavy atom. The summed E-state index contributed by atoms with van der Waals surface area (Å²) in [7, 11) is 0. The zero-order chi connectivity index (χ0) is 13.0. The first-order valence-electron chi connectivity index (χ1n) is 5.32. The van der Waals surface area contributed by atoms with E-state index in [9.17, 15) is 9.18 Å². The lowest BCUT2D eigenvalue weighted by atomic mass is 10.0. The van der Waals surface area contributed by atoms with Crippen molar-refractivity contribution in [2.45, 2.75) is 26.4 Å². The second-order valence-electron chi connectivity index (χ2n) is 4.14. The molecule has 1 unspecified atom stereocenters. The lowest BCUT2D eigenvalue weighted by Crippen LogP contribution is -2.40. The summed E-state index contributed by atoms with van der Waals surface area (Å²) in [5.74, 6) is -1.47. The second kappa shape index (κ2) is 5.98. The Morgan fingerprint density at radius 3 is 2.65 bits per heavy atom. The average Bonchev–Trinajstić information content (AvgIpc) is 2.21. The third kappa shape index (κ3) is 3.68. The summed E-state index contributed by atoms with van der Waals surface area (Å²) in [5.41, 5.74) is 0.293. The molecule has 1 aromatic carbocycles. The molecule has 1 rings (SSSR count). The number of hydrogen-bond acceptors (Lipinski definition) is 2. The smallest absolute Gasteiger partial charge is 0.320 e. The molecule has 0 aliphatic rings. The van der Waals surface area contributed by atoms with E-state index in [0.717, 1.165) is 0 Å². The maximum absolute atomic E-state index is 13.4. The molecule has 0 aliphatic carbocycles. The summed E-state index contributed by atoms with van der Waals surface area (Å²) >= 11 is 5.84. The fourth-order valence-electron chi connectivity index (χ4n) is 1.52. The van der Waals surface area contributed by atoms with E-state index in [2.05, 4.69) is 5.32 Å². The molecular formula is C12H15ClFNO2. The summed E-state index contributed by atoms with van der Waals surface area (Å²) in [6.45, 7) is 3.67. The molecule has 0 heterocycles. The quantitative estimate of drug-likeness (QED) is 0.855. The Bertz CT molecular complexity index is 389. The molecule has 0 saturated carbocycles. The fourth-order valence-corrected chi connectivity index (χ4v) is 1.75. The molecule has 1 atom stereocenters. The summed E-state index contributed by atoms with van der Waals surface area (Å²) in [4.78, 5) is 10.9. The van der Waals surface area contributed by atoms with Crippen LogP contribution >= 0.6 is 11.6 Å². The maximum atomic E-state index is 13.4. The zero-order valence-corrected chi connectivity index (χ0v) is 10.5. The van der Waals surface area contributed by atoms with Crippen LogP contribution in [0.2, 0.25) is 5.02 Å². The van der Waals surface area contributed by atoms with Gasteiger partial charge in [0.25, 0.3) is 0 Å². The van der Waals surface area contributed by atoms with E-state index in [1.807, 2.05) is 0 Å². The van der Waals surface area contributed by atoms with Gasteiger partial charge in [0.05, 0.1) is 0 Å². The lowest BCUT2D eigenvalue weighted by molar-refractivity contribution is -0.140. The van der Waals surface area contributed by atoms with Crippen LogP contribution in [0.15, 0.2) is 18.2 Å². The van der Waals surface area contributed by atoms with Crippen molar-refractivity contribution in [3.05, 3.63) is 34.6 Å². The van der Waals surface area contributed by atoms with Gasteiger partial charge in [0, 0.05) is 17.1 Å². The van der Waals surface area contributed by atoms with Gasteiger partial charge in [-0.25, -0.2) is 4.39 Å². The molecule has 1 aromatic rings. The highest BCUT2D eigenvalue weighted by Crippen LogP contribution is 2.19. The van der Waals surface area contributed by atoms with Gasteiger partial charge >= 0.3 is 5.97 Å². The molecule has 0 saturated heterocycles. The van der Waals surface area contributed by atoms with Crippen molar-refractivity contribution in [3.8, 4) is 0 Å². The molecule has 2 N–H and O–H groups in total. The minimum absolute atomic E-state index is 0.0851. The Kier molecular flexibility index (Phi) is 4.90. The van der Waals surface area contributed by atoms with Crippen molar-refractivity contribution < 1.29 is 14.3 Å². The van der Waals surface area contributed by atoms with E-state index in [4.69, 9.17) is 16.7 Å². The van der Waals surface area contributed by atoms with Gasteiger partial charge in [-0.15, -0.1) is 0 Å². The van der Waals surface area contributed by atoms with Crippen molar-refractivity contribution in [2.75, 3.05) is 0 Å². The van der Waals surface area contributed by atoms with E-state index < -0.39 is 17.8 Å². The van der Waals surface area contributed by atoms with Crippen LogP contribution in [0.3, 0.4) is 0 Å². The van der Waals surface area contributed by atoms with Crippen molar-refractivity contribution >= 4 is 17.6 Å². The number of nitrogens with one attached hydrogen (secondary N) is 1. The van der Waals surface area contributed by atoms with Crippen molar-refractivity contribution in [3.63, 3.8) is 0 Å². The van der Waals surface area contributed by atoms with Crippen LogP contribution in [0.1, 0.15) is 19.4 Å². The van der Waals surface area contributed by atoms with Gasteiger partial charge in [0.1, 0.15) is 11.9 Å². The van der Waals surface area contributed by atoms with Gasteiger partial charge in [0.15, 0.2) is 0 Å². The van der Waals surface area contributed by atoms with Gasteiger partial charge in [0.2, 0.25) is 0 Å². The molecular weight excluding hydrogens is 245 g/mol. The zero-order valence-electron chi connectivity index (χ0n) is 9.71. The van der Waals surface area contributed by atoms with Gasteiger partial charge in [-0.2, -0.15) is 0 Å². The van der Waals surface area contributed by atoms with Crippen LogP contribution in [0, 0.1) is 11.7 Å². The molecule has 0 aromatic heterocycles. The number of benzene rings is 1. The lowest BCUT2D eigenvalue weighted by Gasteiger charge is -2.18. The topological polar surface area (TPSA) is 49.3 Å². The number of carboxylic acid groups (broad SMARTS) is 1. The Labute approximate surface area is 105 Å². The highest BCUT2D eigenvalue weighted by atomic mass is 35.5. The normalized spacial score (nSPS) is 12.8. The minimum atomic E-state index is -0.951. The summed E-state index contributed by atoms with van der Waals surface area (Å²) < 4.78 is 13.4. The number of carboxylic acids is 1. The van der Waals surface area contributed by atoms with E-state index in [1.165, 1.54) is 12.1 Å². The molecule has 3 nitrogen and oxygen atoms in total. The summed E-state index contributed by atoms with van der Waals surface area (Å²) in [6.07, 6.45) is 0. The third-order valence-corrected chi connectivity index (χ3v) is 2.85. The predicted molar refractivity (Wildman–Crippen MR) is 64.5 cm³/mol. The van der Waals surface area contributed by atoms with E-state index in [-0.39, 0.29) is 12.5 Å². The Hall–Kier alpha value is -1.13. The number of aliphatic carboxylic acids is 1. The molecule has 17 heavy (non-hydrogen) atoms. The van der Waals surface area contributed by atoms with Gasteiger partial charge in [-0.3, -0.25) is 10.1 Å². The molecule has 94 valence electrons. The van der Waals surface area contributed by atoms with E-state index in [1.54, 1.807) is 19.9 Å². The van der Waals surface area contributed by atoms with Crippen LogP contribution < -0.4 is 5.32 Å². The number of rotatable bonds is 5. The molecule has 0 radical (unpaired) electrons. The monoisotopic (exact) mass is 259 g/mol. The fraction of sp³-hybridized carbons (Fsp3) is 0.417. The van der Waals surface area contributed by atoms with Gasteiger partial charge < -0.3 is 5.11 Å². The molecule has 0 spiro atoms. The van der Waals surface area contributed by atoms with E-state index >= 15 is 0 Å². The Morgan fingerprint density at radius 1 is 1.53 bits per heavy atom. The predicted octanol–water partition coefficient (Wildman–Crippen LogP) is 2.68. The molecule has 0 amide bonds. The Balaban J connectivity index is 2.75. The first-order valence-corrected chi connectivity index (χ1v) is 5.70. The van der Waals surface area contributed by atoms with Gasteiger partial charge in [-0.1, -0.05) is 31.5 Å². The molecule has 0 aliphatic heterocycles. The minimum Gasteiger partial charge on any atom is -0.480 e. The number of carbonyl (C=O) groups is 1. The van der Waals surface area contributed by atoms with Crippen molar-refractivity contribution in [1.82, 2.24) is 5.32 Å². The van der Waals surface area contributed by atoms with Crippen molar-refractivity contribution in [2.24, 2.45) is 5.92 Å². The van der Waals surface area contributed by atoms with E-state index in [0.29, 0.717) is 10.6 Å². The SMILES string of the molecule is CC(C)C(NCc1c(F)cccc1Cl)C(=O)O. The number of hydrogen-bond donors (Lipinski definition) is 2. The summed E-state index contributed by atoms with van der Waals surface area (Å²) in [5, 5.41) is 12.1. The van der Waals surface area contributed by atoms with Crippen LogP contribution in [-0.4, -0.2) is 17.1 Å². The highest BCUT2D eigenvalue weighted by molar-refractivity contribution is 6.31. The standard InChI is InChI=1S/C12H15ClFNO2/c1-7(2)11(12(16)17)15-6-8-9(13)4-3-5-10(8)14/h3-5,7,11,15H,6H2,1-2H3,(H,16,17). The summed E-state index contributed by atoms with van der Waals surface area (Å²) in [6, 6.07) is 3.67. The van der Waals surface area contributed by atoms with Crippen LogP contribution in [0.25, 0.3) is 0 Å². The van der Waals surface area contributed by atoms with Crippen LogP contribution in [-0.2, 0) is 11.3 Å². The maximum Gasteiger partial charge on any atom is 0.320 e. The average molecular weight is 260 g/mol. The highest BCUT2D eigenvalue weighted by Gasteiger charge is 2.21. The van der Waals surface area contributed by atoms with Crippen LogP contribution in [0.5, 0.6) is 0 Å². The first kappa shape index (κ1) is 13.9. The van der Waals surface area contributed by atoms with Crippen molar-refractivity contribution in [1.29, 1.82) is 0 Å². The van der Waals surface area contributed by atoms with Crippen LogP contribution in [0.4, 0.5) is 4.39 Å². The molecule has 0 fully saturated rings. The second-order valence-corrected chi connectivity index (χ2v) is 4.55. The molecule has 5 heteroatoms. The molecule has 0 bridgehead atoms.